The van der Waals surface area contributed by atoms with Gasteiger partial charge in [0, 0.05) is 24.0 Å². The second-order valence-corrected chi connectivity index (χ2v) is 5.45. The van der Waals surface area contributed by atoms with E-state index in [4.69, 9.17) is 0 Å². The van der Waals surface area contributed by atoms with Crippen molar-refractivity contribution in [2.24, 2.45) is 0 Å². The second-order valence-electron chi connectivity index (χ2n) is 5.45. The van der Waals surface area contributed by atoms with Crippen LogP contribution in [0.15, 0.2) is 83.8 Å². The average Bonchev–Trinajstić information content (AvgIpc) is 3.04. The van der Waals surface area contributed by atoms with Crippen LogP contribution in [0.2, 0.25) is 0 Å². The summed E-state index contributed by atoms with van der Waals surface area (Å²) in [6.07, 6.45) is 1.44. The Kier molecular flexibility index (Phi) is 3.63. The molecule has 0 aliphatic rings. The van der Waals surface area contributed by atoms with Crippen LogP contribution < -0.4 is 10.9 Å². The molecule has 25 heavy (non-hydrogen) atoms. The number of rotatable bonds is 3. The molecule has 0 saturated heterocycles. The predicted octanol–water partition coefficient (Wildman–Crippen LogP) is 2.74. The zero-order valence-corrected chi connectivity index (χ0v) is 13.2. The van der Waals surface area contributed by atoms with Crippen molar-refractivity contribution in [3.63, 3.8) is 0 Å². The van der Waals surface area contributed by atoms with E-state index in [2.05, 4.69) is 10.3 Å². The van der Waals surface area contributed by atoms with Gasteiger partial charge in [-0.25, -0.2) is 9.67 Å². The van der Waals surface area contributed by atoms with Gasteiger partial charge in [-0.1, -0.05) is 36.4 Å². The number of hydrogen-bond donors (Lipinski definition) is 1. The van der Waals surface area contributed by atoms with Crippen LogP contribution in [0.3, 0.4) is 0 Å². The average molecular weight is 330 g/mol. The molecule has 0 aliphatic carbocycles. The van der Waals surface area contributed by atoms with Crippen LogP contribution in [0.5, 0.6) is 0 Å². The van der Waals surface area contributed by atoms with E-state index in [1.807, 2.05) is 48.5 Å². The van der Waals surface area contributed by atoms with Crippen molar-refractivity contribution in [1.82, 2.24) is 14.2 Å². The monoisotopic (exact) mass is 330 g/mol. The minimum Gasteiger partial charge on any atom is -0.321 e. The van der Waals surface area contributed by atoms with Gasteiger partial charge in [0.25, 0.3) is 11.5 Å². The number of fused-ring (bicyclic) bond motifs is 1. The lowest BCUT2D eigenvalue weighted by Crippen LogP contribution is -2.23. The normalized spacial score (nSPS) is 10.7. The first-order chi connectivity index (χ1) is 12.2. The molecule has 0 spiro atoms. The van der Waals surface area contributed by atoms with Crippen molar-refractivity contribution in [2.75, 3.05) is 5.32 Å². The molecule has 0 atom stereocenters. The van der Waals surface area contributed by atoms with Gasteiger partial charge in [-0.15, -0.1) is 0 Å². The van der Waals surface area contributed by atoms with Crippen LogP contribution in [0.4, 0.5) is 5.69 Å². The van der Waals surface area contributed by atoms with Crippen molar-refractivity contribution in [3.8, 4) is 5.69 Å². The lowest BCUT2D eigenvalue weighted by molar-refractivity contribution is 0.101. The SMILES string of the molecule is O=C(Nc1ccccc1)c1cc2nccc(=O)n2n1-c1ccccc1. The van der Waals surface area contributed by atoms with Crippen molar-refractivity contribution in [2.45, 2.75) is 0 Å². The largest absolute Gasteiger partial charge is 0.321 e. The number of nitrogens with zero attached hydrogens (tertiary/aromatic N) is 3. The third kappa shape index (κ3) is 2.70. The number of carbonyl (C=O) groups excluding carboxylic acids is 1. The molecule has 0 fully saturated rings. The summed E-state index contributed by atoms with van der Waals surface area (Å²) in [5.41, 5.74) is 1.86. The highest BCUT2D eigenvalue weighted by Crippen LogP contribution is 2.16. The number of amides is 1. The predicted molar refractivity (Wildman–Crippen MR) is 95.2 cm³/mol. The highest BCUT2D eigenvalue weighted by Gasteiger charge is 2.18. The van der Waals surface area contributed by atoms with Gasteiger partial charge >= 0.3 is 0 Å². The highest BCUT2D eigenvalue weighted by atomic mass is 16.2. The summed E-state index contributed by atoms with van der Waals surface area (Å²) >= 11 is 0. The minimum atomic E-state index is -0.319. The fraction of sp³-hybridized carbons (Fsp3) is 0. The molecule has 2 aromatic heterocycles. The van der Waals surface area contributed by atoms with E-state index in [9.17, 15) is 9.59 Å². The smallest absolute Gasteiger partial charge is 0.274 e. The van der Waals surface area contributed by atoms with E-state index in [1.54, 1.807) is 22.9 Å². The van der Waals surface area contributed by atoms with Crippen molar-refractivity contribution in [3.05, 3.63) is 95.0 Å². The Balaban J connectivity index is 1.90. The molecule has 0 aliphatic heterocycles. The van der Waals surface area contributed by atoms with Crippen molar-refractivity contribution in [1.29, 1.82) is 0 Å². The van der Waals surface area contributed by atoms with Crippen LogP contribution >= 0.6 is 0 Å². The summed E-state index contributed by atoms with van der Waals surface area (Å²) in [5, 5.41) is 2.85. The second kappa shape index (κ2) is 6.09. The first-order valence-electron chi connectivity index (χ1n) is 7.76. The summed E-state index contributed by atoms with van der Waals surface area (Å²) in [6, 6.07) is 21.4. The molecule has 0 radical (unpaired) electrons. The molecule has 0 bridgehead atoms. The Morgan fingerprint density at radius 2 is 1.60 bits per heavy atom. The number of nitrogens with one attached hydrogen (secondary N) is 1. The third-order valence-electron chi connectivity index (χ3n) is 3.81. The van der Waals surface area contributed by atoms with E-state index in [-0.39, 0.29) is 11.5 Å². The Morgan fingerprint density at radius 1 is 0.920 bits per heavy atom. The first-order valence-corrected chi connectivity index (χ1v) is 7.76. The maximum absolute atomic E-state index is 12.8. The zero-order chi connectivity index (χ0) is 17.2. The Labute approximate surface area is 143 Å². The lowest BCUT2D eigenvalue weighted by atomic mass is 10.3. The third-order valence-corrected chi connectivity index (χ3v) is 3.81. The summed E-state index contributed by atoms with van der Waals surface area (Å²) in [4.78, 5) is 29.4. The van der Waals surface area contributed by atoms with E-state index in [1.165, 1.54) is 16.8 Å². The van der Waals surface area contributed by atoms with Crippen LogP contribution in [-0.4, -0.2) is 20.1 Å². The van der Waals surface area contributed by atoms with Gasteiger partial charge in [-0.05, 0) is 24.3 Å². The molecule has 2 heterocycles. The molecule has 2 aromatic carbocycles. The van der Waals surface area contributed by atoms with Gasteiger partial charge in [-0.2, -0.15) is 4.52 Å². The Morgan fingerprint density at radius 3 is 2.32 bits per heavy atom. The topological polar surface area (TPSA) is 68.4 Å². The van der Waals surface area contributed by atoms with Crippen molar-refractivity contribution >= 4 is 17.2 Å². The molecule has 6 heteroatoms. The summed E-state index contributed by atoms with van der Waals surface area (Å²) in [5.74, 6) is -0.319. The molecule has 1 amide bonds. The zero-order valence-electron chi connectivity index (χ0n) is 13.2. The van der Waals surface area contributed by atoms with Crippen LogP contribution in [0, 0.1) is 0 Å². The van der Waals surface area contributed by atoms with Gasteiger partial charge in [0.1, 0.15) is 5.69 Å². The number of carbonyl (C=O) groups is 1. The number of hydrogen-bond acceptors (Lipinski definition) is 3. The molecule has 1 N–H and O–H groups in total. The Bertz CT molecular complexity index is 1100. The molecule has 6 nitrogen and oxygen atoms in total. The number of para-hydroxylation sites is 2. The maximum Gasteiger partial charge on any atom is 0.274 e. The van der Waals surface area contributed by atoms with E-state index in [0.29, 0.717) is 22.7 Å². The van der Waals surface area contributed by atoms with Gasteiger partial charge in [0.2, 0.25) is 0 Å². The molecule has 4 rings (SSSR count). The number of anilines is 1. The molecule has 4 aromatic rings. The molecule has 0 unspecified atom stereocenters. The fourth-order valence-corrected chi connectivity index (χ4v) is 2.71. The van der Waals surface area contributed by atoms with Gasteiger partial charge in [0.15, 0.2) is 5.65 Å². The van der Waals surface area contributed by atoms with Crippen molar-refractivity contribution < 1.29 is 4.79 Å². The molecule has 0 saturated carbocycles. The molecular weight excluding hydrogens is 316 g/mol. The van der Waals surface area contributed by atoms with Crippen LogP contribution in [0.25, 0.3) is 11.3 Å². The standard InChI is InChI=1S/C19H14N4O2/c24-18-11-12-20-17-13-16(19(25)21-14-7-3-1-4-8-14)22(23(17)18)15-9-5-2-6-10-15/h1-13H,(H,21,25). The lowest BCUT2D eigenvalue weighted by Gasteiger charge is -2.11. The first kappa shape index (κ1) is 14.9. The van der Waals surface area contributed by atoms with Crippen LogP contribution in [-0.2, 0) is 0 Å². The molecular formula is C19H14N4O2. The van der Waals surface area contributed by atoms with E-state index < -0.39 is 0 Å². The number of aromatic nitrogens is 3. The number of benzene rings is 2. The van der Waals surface area contributed by atoms with Crippen LogP contribution in [0.1, 0.15) is 10.5 Å². The summed E-state index contributed by atoms with van der Waals surface area (Å²) in [6.45, 7) is 0. The summed E-state index contributed by atoms with van der Waals surface area (Å²) in [7, 11) is 0. The van der Waals surface area contributed by atoms with Gasteiger partial charge in [0.05, 0.1) is 5.69 Å². The van der Waals surface area contributed by atoms with Gasteiger partial charge in [-0.3, -0.25) is 9.59 Å². The summed E-state index contributed by atoms with van der Waals surface area (Å²) < 4.78 is 2.96. The fourth-order valence-electron chi connectivity index (χ4n) is 2.71. The highest BCUT2D eigenvalue weighted by molar-refractivity contribution is 6.04. The Hall–Kier alpha value is -3.67. The minimum absolute atomic E-state index is 0.257. The molecule has 122 valence electrons. The van der Waals surface area contributed by atoms with Gasteiger partial charge < -0.3 is 5.32 Å². The quantitative estimate of drug-likeness (QED) is 0.628. The van der Waals surface area contributed by atoms with E-state index >= 15 is 0 Å². The maximum atomic E-state index is 12.8. The van der Waals surface area contributed by atoms with E-state index in [0.717, 1.165) is 0 Å².